The Labute approximate surface area is 188 Å². The molecule has 0 saturated carbocycles. The Balaban J connectivity index is 2.20. The van der Waals surface area contributed by atoms with Crippen LogP contribution in [0.25, 0.3) is 16.6 Å². The Hall–Kier alpha value is -2.66. The molecule has 1 heterocycles. The van der Waals surface area contributed by atoms with Crippen molar-refractivity contribution in [1.29, 1.82) is 0 Å². The molecule has 5 nitrogen and oxygen atoms in total. The van der Waals surface area contributed by atoms with Crippen molar-refractivity contribution < 1.29 is 4.79 Å². The number of nitrogens with zero attached hydrogens (tertiary/aromatic N) is 3. The number of hydrogen-bond acceptors (Lipinski definition) is 3. The first kappa shape index (κ1) is 23.0. The molecule has 0 radical (unpaired) electrons. The van der Waals surface area contributed by atoms with Crippen molar-refractivity contribution in [2.45, 2.75) is 53.0 Å². The predicted molar refractivity (Wildman–Crippen MR) is 127 cm³/mol. The summed E-state index contributed by atoms with van der Waals surface area (Å²) in [5.74, 6) is 0.895. The monoisotopic (exact) mass is 439 g/mol. The molecule has 0 aliphatic heterocycles. The molecule has 1 atom stereocenters. The molecule has 0 fully saturated rings. The molecule has 0 saturated heterocycles. The van der Waals surface area contributed by atoms with Gasteiger partial charge in [-0.1, -0.05) is 50.9 Å². The summed E-state index contributed by atoms with van der Waals surface area (Å²) >= 11 is 6.08. The van der Waals surface area contributed by atoms with Gasteiger partial charge in [0.15, 0.2) is 0 Å². The lowest BCUT2D eigenvalue weighted by molar-refractivity contribution is -0.134. The average molecular weight is 440 g/mol. The van der Waals surface area contributed by atoms with Crippen molar-refractivity contribution in [1.82, 2.24) is 14.5 Å². The van der Waals surface area contributed by atoms with Crippen LogP contribution in [-0.2, 0) is 4.79 Å². The fourth-order valence-electron chi connectivity index (χ4n) is 3.74. The van der Waals surface area contributed by atoms with Gasteiger partial charge in [-0.05, 0) is 55.7 Å². The Morgan fingerprint density at radius 3 is 2.42 bits per heavy atom. The number of para-hydroxylation sites is 1. The molecular weight excluding hydrogens is 410 g/mol. The van der Waals surface area contributed by atoms with E-state index in [0.717, 1.165) is 12.8 Å². The zero-order valence-electron chi connectivity index (χ0n) is 18.6. The van der Waals surface area contributed by atoms with Gasteiger partial charge in [-0.3, -0.25) is 14.2 Å². The molecule has 0 spiro atoms. The number of aromatic nitrogens is 2. The summed E-state index contributed by atoms with van der Waals surface area (Å²) in [5, 5.41) is 1.14. The van der Waals surface area contributed by atoms with Crippen LogP contribution in [0.3, 0.4) is 0 Å². The van der Waals surface area contributed by atoms with Crippen molar-refractivity contribution in [3.8, 4) is 5.69 Å². The molecule has 6 heteroatoms. The molecule has 1 aromatic heterocycles. The third-order valence-corrected chi connectivity index (χ3v) is 5.64. The zero-order valence-corrected chi connectivity index (χ0v) is 19.4. The van der Waals surface area contributed by atoms with E-state index in [1.165, 1.54) is 0 Å². The highest BCUT2D eigenvalue weighted by Crippen LogP contribution is 2.25. The minimum absolute atomic E-state index is 0.0843. The van der Waals surface area contributed by atoms with Gasteiger partial charge in [-0.25, -0.2) is 4.98 Å². The van der Waals surface area contributed by atoms with Crippen LogP contribution in [0.5, 0.6) is 0 Å². The lowest BCUT2D eigenvalue weighted by Gasteiger charge is -2.31. The number of rotatable bonds is 8. The van der Waals surface area contributed by atoms with Crippen LogP contribution >= 0.6 is 11.6 Å². The molecule has 3 aromatic rings. The van der Waals surface area contributed by atoms with Gasteiger partial charge in [0.1, 0.15) is 5.82 Å². The van der Waals surface area contributed by atoms with Gasteiger partial charge < -0.3 is 4.90 Å². The minimum Gasteiger partial charge on any atom is -0.333 e. The highest BCUT2D eigenvalue weighted by molar-refractivity contribution is 6.30. The molecule has 3 rings (SSSR count). The van der Waals surface area contributed by atoms with Crippen LogP contribution in [0.2, 0.25) is 5.02 Å². The van der Waals surface area contributed by atoms with Gasteiger partial charge in [-0.2, -0.15) is 0 Å². The number of amides is 1. The first-order valence-corrected chi connectivity index (χ1v) is 11.3. The zero-order chi connectivity index (χ0) is 22.5. The SMILES string of the molecule is CCCCN(C(=O)CC(C)C)C(C)c1nc2ccccc2c(=O)n1-c1ccc(Cl)cc1. The lowest BCUT2D eigenvalue weighted by Crippen LogP contribution is -2.38. The summed E-state index contributed by atoms with van der Waals surface area (Å²) in [6, 6.07) is 14.1. The molecule has 0 aliphatic carbocycles. The van der Waals surface area contributed by atoms with E-state index in [9.17, 15) is 9.59 Å². The third kappa shape index (κ3) is 5.16. The van der Waals surface area contributed by atoms with E-state index in [0.29, 0.717) is 40.4 Å². The fourth-order valence-corrected chi connectivity index (χ4v) is 3.86. The van der Waals surface area contributed by atoms with Crippen molar-refractivity contribution in [3.63, 3.8) is 0 Å². The smallest absolute Gasteiger partial charge is 0.266 e. The maximum Gasteiger partial charge on any atom is 0.266 e. The number of fused-ring (bicyclic) bond motifs is 1. The van der Waals surface area contributed by atoms with Crippen LogP contribution in [-0.4, -0.2) is 26.9 Å². The van der Waals surface area contributed by atoms with Crippen LogP contribution in [0.15, 0.2) is 53.3 Å². The summed E-state index contributed by atoms with van der Waals surface area (Å²) < 4.78 is 1.62. The Kier molecular flexibility index (Phi) is 7.50. The highest BCUT2D eigenvalue weighted by atomic mass is 35.5. The second kappa shape index (κ2) is 10.1. The summed E-state index contributed by atoms with van der Waals surface area (Å²) in [7, 11) is 0. The molecule has 1 unspecified atom stereocenters. The summed E-state index contributed by atoms with van der Waals surface area (Å²) in [6.07, 6.45) is 2.34. The molecular formula is C25H30ClN3O2. The van der Waals surface area contributed by atoms with Gasteiger partial charge in [-0.15, -0.1) is 0 Å². The lowest BCUT2D eigenvalue weighted by atomic mass is 10.1. The van der Waals surface area contributed by atoms with Crippen molar-refractivity contribution in [3.05, 3.63) is 69.7 Å². The molecule has 31 heavy (non-hydrogen) atoms. The highest BCUT2D eigenvalue weighted by Gasteiger charge is 2.26. The quantitative estimate of drug-likeness (QED) is 0.447. The number of unbranched alkanes of at least 4 members (excludes halogenated alkanes) is 1. The van der Waals surface area contributed by atoms with Crippen LogP contribution in [0.1, 0.15) is 58.8 Å². The van der Waals surface area contributed by atoms with E-state index >= 15 is 0 Å². The Morgan fingerprint density at radius 2 is 1.77 bits per heavy atom. The van der Waals surface area contributed by atoms with Crippen LogP contribution in [0, 0.1) is 5.92 Å². The largest absolute Gasteiger partial charge is 0.333 e. The van der Waals surface area contributed by atoms with Crippen LogP contribution in [0.4, 0.5) is 0 Å². The van der Waals surface area contributed by atoms with E-state index in [4.69, 9.17) is 16.6 Å². The Morgan fingerprint density at radius 1 is 1.10 bits per heavy atom. The average Bonchev–Trinajstić information content (AvgIpc) is 2.74. The molecule has 2 aromatic carbocycles. The van der Waals surface area contributed by atoms with E-state index in [2.05, 4.69) is 6.92 Å². The molecule has 0 bridgehead atoms. The predicted octanol–water partition coefficient (Wildman–Crippen LogP) is 5.77. The molecule has 0 N–H and O–H groups in total. The summed E-state index contributed by atoms with van der Waals surface area (Å²) in [6.45, 7) is 8.77. The van der Waals surface area contributed by atoms with Crippen molar-refractivity contribution >= 4 is 28.4 Å². The first-order valence-electron chi connectivity index (χ1n) is 10.9. The van der Waals surface area contributed by atoms with E-state index in [1.807, 2.05) is 56.0 Å². The topological polar surface area (TPSA) is 55.2 Å². The molecule has 1 amide bonds. The third-order valence-electron chi connectivity index (χ3n) is 5.38. The van der Waals surface area contributed by atoms with Gasteiger partial charge in [0.05, 0.1) is 22.6 Å². The number of halogens is 1. The summed E-state index contributed by atoms with van der Waals surface area (Å²) in [4.78, 5) is 33.3. The van der Waals surface area contributed by atoms with E-state index in [1.54, 1.807) is 22.8 Å². The standard InChI is InChI=1S/C25H30ClN3O2/c1-5-6-15-28(23(30)16-17(2)3)18(4)24-27-22-10-8-7-9-21(22)25(31)29(24)20-13-11-19(26)12-14-20/h7-14,17-18H,5-6,15-16H2,1-4H3. The molecule has 0 aliphatic rings. The number of benzene rings is 2. The Bertz CT molecular complexity index is 1110. The maximum atomic E-state index is 13.5. The minimum atomic E-state index is -0.356. The van der Waals surface area contributed by atoms with Gasteiger partial charge >= 0.3 is 0 Å². The summed E-state index contributed by atoms with van der Waals surface area (Å²) in [5.41, 5.74) is 1.16. The maximum absolute atomic E-state index is 13.5. The van der Waals surface area contributed by atoms with Crippen molar-refractivity contribution in [2.75, 3.05) is 6.54 Å². The van der Waals surface area contributed by atoms with Crippen molar-refractivity contribution in [2.24, 2.45) is 5.92 Å². The van der Waals surface area contributed by atoms with Gasteiger partial charge in [0, 0.05) is 18.0 Å². The normalized spacial score (nSPS) is 12.3. The molecule has 164 valence electrons. The van der Waals surface area contributed by atoms with E-state index < -0.39 is 0 Å². The number of carbonyl (C=O) groups is 1. The number of hydrogen-bond donors (Lipinski definition) is 0. The number of carbonyl (C=O) groups excluding carboxylic acids is 1. The first-order chi connectivity index (χ1) is 14.8. The second-order valence-electron chi connectivity index (χ2n) is 8.32. The van der Waals surface area contributed by atoms with E-state index in [-0.39, 0.29) is 23.4 Å². The fraction of sp³-hybridized carbons (Fsp3) is 0.400. The van der Waals surface area contributed by atoms with Gasteiger partial charge in [0.25, 0.3) is 5.56 Å². The van der Waals surface area contributed by atoms with Gasteiger partial charge in [0.2, 0.25) is 5.91 Å². The second-order valence-corrected chi connectivity index (χ2v) is 8.76. The van der Waals surface area contributed by atoms with Crippen LogP contribution < -0.4 is 5.56 Å².